The number of nitrogens with zero attached hydrogens (tertiary/aromatic N) is 2. The Labute approximate surface area is 90.1 Å². The molecule has 80 valence electrons. The van der Waals surface area contributed by atoms with Crippen molar-refractivity contribution in [1.82, 2.24) is 4.98 Å². The molecule has 0 saturated carbocycles. The molecule has 1 amide bonds. The number of hydrogen-bond donors (Lipinski definition) is 0. The molecule has 0 radical (unpaired) electrons. The van der Waals surface area contributed by atoms with Crippen LogP contribution in [0.1, 0.15) is 24.6 Å². The molecule has 1 unspecified atom stereocenters. The standard InChI is InChI=1S/C12H16N2O/c1-8-4-5-10-6-9(2)13-7-11(10)14(3)12(8)15/h6-8H,4-5H2,1-3H3. The Morgan fingerprint density at radius 3 is 3.00 bits per heavy atom. The Morgan fingerprint density at radius 1 is 1.53 bits per heavy atom. The van der Waals surface area contributed by atoms with Crippen molar-refractivity contribution in [3.8, 4) is 0 Å². The monoisotopic (exact) mass is 204 g/mol. The minimum Gasteiger partial charge on any atom is -0.314 e. The highest BCUT2D eigenvalue weighted by molar-refractivity contribution is 5.95. The molecule has 0 aliphatic carbocycles. The van der Waals surface area contributed by atoms with Crippen molar-refractivity contribution in [3.63, 3.8) is 0 Å². The average molecular weight is 204 g/mol. The van der Waals surface area contributed by atoms with Gasteiger partial charge < -0.3 is 4.90 Å². The molecule has 0 saturated heterocycles. The van der Waals surface area contributed by atoms with Gasteiger partial charge in [-0.1, -0.05) is 6.92 Å². The second kappa shape index (κ2) is 3.65. The van der Waals surface area contributed by atoms with E-state index in [0.29, 0.717) is 0 Å². The number of rotatable bonds is 0. The van der Waals surface area contributed by atoms with Crippen molar-refractivity contribution in [3.05, 3.63) is 23.5 Å². The van der Waals surface area contributed by atoms with Gasteiger partial charge in [-0.2, -0.15) is 0 Å². The van der Waals surface area contributed by atoms with Gasteiger partial charge in [-0.3, -0.25) is 9.78 Å². The summed E-state index contributed by atoms with van der Waals surface area (Å²) in [5.74, 6) is 0.308. The summed E-state index contributed by atoms with van der Waals surface area (Å²) in [4.78, 5) is 17.9. The smallest absolute Gasteiger partial charge is 0.229 e. The first-order valence-corrected chi connectivity index (χ1v) is 5.32. The summed E-state index contributed by atoms with van der Waals surface area (Å²) in [7, 11) is 1.83. The molecular weight excluding hydrogens is 188 g/mol. The molecule has 2 heterocycles. The van der Waals surface area contributed by atoms with Crippen molar-refractivity contribution in [1.29, 1.82) is 0 Å². The highest BCUT2D eigenvalue weighted by atomic mass is 16.2. The number of pyridine rings is 1. The maximum Gasteiger partial charge on any atom is 0.229 e. The maximum atomic E-state index is 11.9. The average Bonchev–Trinajstić information content (AvgIpc) is 2.32. The number of anilines is 1. The molecule has 2 rings (SSSR count). The number of aromatic nitrogens is 1. The lowest BCUT2D eigenvalue weighted by Crippen LogP contribution is -2.30. The van der Waals surface area contributed by atoms with Crippen LogP contribution in [-0.2, 0) is 11.2 Å². The van der Waals surface area contributed by atoms with E-state index in [-0.39, 0.29) is 11.8 Å². The lowest BCUT2D eigenvalue weighted by molar-refractivity contribution is -0.121. The second-order valence-electron chi connectivity index (χ2n) is 4.29. The van der Waals surface area contributed by atoms with E-state index in [1.54, 1.807) is 11.1 Å². The van der Waals surface area contributed by atoms with Crippen molar-refractivity contribution >= 4 is 11.6 Å². The third-order valence-electron chi connectivity index (χ3n) is 3.06. The van der Waals surface area contributed by atoms with E-state index < -0.39 is 0 Å². The SMILES string of the molecule is Cc1cc2c(cn1)N(C)C(=O)C(C)CC2. The van der Waals surface area contributed by atoms with Crippen molar-refractivity contribution < 1.29 is 4.79 Å². The summed E-state index contributed by atoms with van der Waals surface area (Å²) in [5, 5.41) is 0. The first kappa shape index (κ1) is 10.1. The normalized spacial score (nSPS) is 21.1. The minimum absolute atomic E-state index is 0.114. The number of carbonyl (C=O) groups is 1. The van der Waals surface area contributed by atoms with E-state index in [4.69, 9.17) is 0 Å². The van der Waals surface area contributed by atoms with Crippen LogP contribution in [0.5, 0.6) is 0 Å². The summed E-state index contributed by atoms with van der Waals surface area (Å²) < 4.78 is 0. The van der Waals surface area contributed by atoms with E-state index in [9.17, 15) is 4.79 Å². The van der Waals surface area contributed by atoms with E-state index in [1.165, 1.54) is 5.56 Å². The van der Waals surface area contributed by atoms with Gasteiger partial charge in [0.1, 0.15) is 0 Å². The largest absolute Gasteiger partial charge is 0.314 e. The van der Waals surface area contributed by atoms with Gasteiger partial charge >= 0.3 is 0 Å². The molecule has 15 heavy (non-hydrogen) atoms. The molecule has 1 atom stereocenters. The number of fused-ring (bicyclic) bond motifs is 1. The quantitative estimate of drug-likeness (QED) is 0.647. The van der Waals surface area contributed by atoms with Gasteiger partial charge in [0.05, 0.1) is 11.9 Å². The van der Waals surface area contributed by atoms with E-state index in [1.807, 2.05) is 20.9 Å². The van der Waals surface area contributed by atoms with Gasteiger partial charge in [0.15, 0.2) is 0 Å². The Kier molecular flexibility index (Phi) is 2.47. The molecule has 0 bridgehead atoms. The Hall–Kier alpha value is -1.38. The molecule has 0 aromatic carbocycles. The Balaban J connectivity index is 2.47. The number of amides is 1. The number of aryl methyl sites for hydroxylation is 2. The van der Waals surface area contributed by atoms with Gasteiger partial charge in [0.2, 0.25) is 5.91 Å². The highest BCUT2D eigenvalue weighted by Gasteiger charge is 2.24. The second-order valence-corrected chi connectivity index (χ2v) is 4.29. The molecule has 1 aliphatic rings. The van der Waals surface area contributed by atoms with Crippen LogP contribution in [-0.4, -0.2) is 17.9 Å². The number of hydrogen-bond acceptors (Lipinski definition) is 2. The molecule has 3 heteroatoms. The number of carbonyl (C=O) groups excluding carboxylic acids is 1. The summed E-state index contributed by atoms with van der Waals surface area (Å²) in [5.41, 5.74) is 3.22. The fourth-order valence-electron chi connectivity index (χ4n) is 2.06. The van der Waals surface area contributed by atoms with Crippen LogP contribution >= 0.6 is 0 Å². The Bertz CT molecular complexity index is 401. The van der Waals surface area contributed by atoms with Gasteiger partial charge in [-0.25, -0.2) is 0 Å². The van der Waals surface area contributed by atoms with E-state index >= 15 is 0 Å². The molecular formula is C12H16N2O. The Morgan fingerprint density at radius 2 is 2.27 bits per heavy atom. The molecule has 1 aromatic heterocycles. The molecule has 0 N–H and O–H groups in total. The fraction of sp³-hybridized carbons (Fsp3) is 0.500. The van der Waals surface area contributed by atoms with Gasteiger partial charge in [-0.05, 0) is 31.4 Å². The van der Waals surface area contributed by atoms with Crippen LogP contribution in [0.15, 0.2) is 12.3 Å². The maximum absolute atomic E-state index is 11.9. The van der Waals surface area contributed by atoms with Crippen molar-refractivity contribution in [2.24, 2.45) is 5.92 Å². The molecule has 1 aromatic rings. The van der Waals surface area contributed by atoms with Gasteiger partial charge in [0, 0.05) is 18.7 Å². The summed E-state index contributed by atoms with van der Waals surface area (Å²) in [6, 6.07) is 2.08. The predicted octanol–water partition coefficient (Wildman–Crippen LogP) is 1.94. The summed E-state index contributed by atoms with van der Waals surface area (Å²) in [6.07, 6.45) is 3.70. The van der Waals surface area contributed by atoms with Gasteiger partial charge in [-0.15, -0.1) is 0 Å². The van der Waals surface area contributed by atoms with Crippen LogP contribution in [0.3, 0.4) is 0 Å². The van der Waals surface area contributed by atoms with Crippen LogP contribution in [0.25, 0.3) is 0 Å². The lowest BCUT2D eigenvalue weighted by atomic mass is 10.0. The first-order valence-electron chi connectivity index (χ1n) is 5.32. The highest BCUT2D eigenvalue weighted by Crippen LogP contribution is 2.27. The van der Waals surface area contributed by atoms with Crippen LogP contribution in [0, 0.1) is 12.8 Å². The van der Waals surface area contributed by atoms with Crippen LogP contribution in [0.4, 0.5) is 5.69 Å². The van der Waals surface area contributed by atoms with Crippen molar-refractivity contribution in [2.75, 3.05) is 11.9 Å². The zero-order valence-corrected chi connectivity index (χ0v) is 9.45. The third kappa shape index (κ3) is 1.74. The first-order chi connectivity index (χ1) is 7.09. The molecule has 3 nitrogen and oxygen atoms in total. The summed E-state index contributed by atoms with van der Waals surface area (Å²) >= 11 is 0. The molecule has 0 spiro atoms. The fourth-order valence-corrected chi connectivity index (χ4v) is 2.06. The van der Waals surface area contributed by atoms with Gasteiger partial charge in [0.25, 0.3) is 0 Å². The van der Waals surface area contributed by atoms with Crippen LogP contribution in [0.2, 0.25) is 0 Å². The van der Waals surface area contributed by atoms with E-state index in [0.717, 1.165) is 24.2 Å². The zero-order chi connectivity index (χ0) is 11.0. The van der Waals surface area contributed by atoms with E-state index in [2.05, 4.69) is 11.1 Å². The molecule has 1 aliphatic heterocycles. The lowest BCUT2D eigenvalue weighted by Gasteiger charge is -2.19. The summed E-state index contributed by atoms with van der Waals surface area (Å²) in [6.45, 7) is 3.97. The predicted molar refractivity (Wildman–Crippen MR) is 59.9 cm³/mol. The topological polar surface area (TPSA) is 33.2 Å². The molecule has 0 fully saturated rings. The van der Waals surface area contributed by atoms with Crippen molar-refractivity contribution in [2.45, 2.75) is 26.7 Å². The zero-order valence-electron chi connectivity index (χ0n) is 9.45. The van der Waals surface area contributed by atoms with Crippen LogP contribution < -0.4 is 4.90 Å². The third-order valence-corrected chi connectivity index (χ3v) is 3.06. The minimum atomic E-state index is 0.114.